The zero-order chi connectivity index (χ0) is 29.1. The zero-order valence-corrected chi connectivity index (χ0v) is 22.8. The summed E-state index contributed by atoms with van der Waals surface area (Å²) in [5.74, 6) is -2.29. The van der Waals surface area contributed by atoms with Crippen molar-refractivity contribution < 1.29 is 23.4 Å². The molecule has 0 saturated heterocycles. The van der Waals surface area contributed by atoms with Gasteiger partial charge in [0.05, 0.1) is 23.7 Å². The summed E-state index contributed by atoms with van der Waals surface area (Å²) in [7, 11) is 1.55. The number of carbonyl (C=O) groups is 1. The van der Waals surface area contributed by atoms with E-state index in [1.807, 2.05) is 6.07 Å². The first-order chi connectivity index (χ1) is 19.8. The van der Waals surface area contributed by atoms with Crippen LogP contribution in [0.1, 0.15) is 47.3 Å². The number of aromatic nitrogens is 2. The van der Waals surface area contributed by atoms with Crippen molar-refractivity contribution in [2.24, 2.45) is 0 Å². The quantitative estimate of drug-likeness (QED) is 0.169. The van der Waals surface area contributed by atoms with E-state index in [2.05, 4.69) is 20.9 Å². The number of nitrogens with one attached hydrogen (secondary N) is 3. The molecule has 41 heavy (non-hydrogen) atoms. The van der Waals surface area contributed by atoms with Crippen molar-refractivity contribution in [2.75, 3.05) is 36.1 Å². The lowest BCUT2D eigenvalue weighted by atomic mass is 10.00. The maximum Gasteiger partial charge on any atom is 0.352 e. The van der Waals surface area contributed by atoms with E-state index in [9.17, 15) is 14.7 Å². The largest absolute Gasteiger partial charge is 0.497 e. The molecule has 2 heterocycles. The topological polar surface area (TPSA) is 118 Å². The predicted molar refractivity (Wildman–Crippen MR) is 154 cm³/mol. The molecule has 1 aliphatic carbocycles. The molecule has 0 bridgehead atoms. The average molecular weight is 564 g/mol. The van der Waals surface area contributed by atoms with Gasteiger partial charge in [-0.15, -0.1) is 0 Å². The van der Waals surface area contributed by atoms with Gasteiger partial charge in [0.25, 0.3) is 0 Å². The van der Waals surface area contributed by atoms with Gasteiger partial charge in [0, 0.05) is 37.9 Å². The van der Waals surface area contributed by atoms with Crippen molar-refractivity contribution in [1.29, 1.82) is 0 Å². The second-order valence-electron chi connectivity index (χ2n) is 9.79. The number of hydrogen-bond donors (Lipinski definition) is 4. The molecular formula is C30H31F2N5O4. The third-order valence-electron chi connectivity index (χ3n) is 7.15. The van der Waals surface area contributed by atoms with Gasteiger partial charge < -0.3 is 30.4 Å². The first kappa shape index (κ1) is 27.9. The van der Waals surface area contributed by atoms with Crippen LogP contribution in [0.4, 0.5) is 26.0 Å². The highest BCUT2D eigenvalue weighted by atomic mass is 19.1. The molecule has 0 spiro atoms. The van der Waals surface area contributed by atoms with E-state index in [1.54, 1.807) is 56.6 Å². The van der Waals surface area contributed by atoms with Crippen LogP contribution in [0, 0.1) is 11.6 Å². The maximum absolute atomic E-state index is 16.2. The van der Waals surface area contributed by atoms with E-state index in [-0.39, 0.29) is 53.4 Å². The lowest BCUT2D eigenvalue weighted by molar-refractivity contribution is 0.0683. The first-order valence-corrected chi connectivity index (χ1v) is 13.5. The fourth-order valence-electron chi connectivity index (χ4n) is 5.05. The Hall–Kier alpha value is -4.67. The van der Waals surface area contributed by atoms with Crippen LogP contribution in [0.2, 0.25) is 0 Å². The molecule has 1 aliphatic rings. The summed E-state index contributed by atoms with van der Waals surface area (Å²) in [6.45, 7) is 2.29. The number of aromatic carboxylic acids is 1. The molecule has 5 rings (SSSR count). The van der Waals surface area contributed by atoms with Crippen molar-refractivity contribution in [1.82, 2.24) is 9.55 Å². The third-order valence-corrected chi connectivity index (χ3v) is 7.15. The number of hydrogen-bond acceptors (Lipinski definition) is 7. The molecule has 2 aromatic carbocycles. The number of fused-ring (bicyclic) bond motifs is 1. The predicted octanol–water partition coefficient (Wildman–Crippen LogP) is 5.41. The number of methoxy groups -OCH3 is 1. The second kappa shape index (κ2) is 11.8. The molecule has 214 valence electrons. The lowest BCUT2D eigenvalue weighted by Gasteiger charge is -2.22. The van der Waals surface area contributed by atoms with Crippen LogP contribution in [0.3, 0.4) is 0 Å². The SMILES string of the molecule is CCn1c(C(=O)O)c(C2CC2)c(=O)c2c(NCc3ccc(OC)cc3)c(F)c(NCCNc3ccccn3)c(F)c21. The standard InChI is InChI=1S/C30H31F2N5O4/c1-3-37-27-22(29(38)21(18-9-10-18)28(37)30(39)40)25(36-16-17-7-11-19(41-2)12-8-17)23(31)26(24(27)32)35-15-14-34-20-6-4-5-13-33-20/h4-8,11-13,18,35-36H,3,9-10,14-16H2,1-2H3,(H,33,34)(H,39,40). The van der Waals surface area contributed by atoms with Gasteiger partial charge in [0.1, 0.15) is 22.9 Å². The van der Waals surface area contributed by atoms with Gasteiger partial charge in [-0.05, 0) is 55.5 Å². The summed E-state index contributed by atoms with van der Waals surface area (Å²) in [5, 5.41) is 18.8. The number of pyridine rings is 2. The Morgan fingerprint density at radius 3 is 2.39 bits per heavy atom. The summed E-state index contributed by atoms with van der Waals surface area (Å²) in [6, 6.07) is 12.4. The van der Waals surface area contributed by atoms with E-state index in [1.165, 1.54) is 4.57 Å². The van der Waals surface area contributed by atoms with Gasteiger partial charge in [-0.25, -0.2) is 18.6 Å². The molecule has 0 unspecified atom stereocenters. The third kappa shape index (κ3) is 5.52. The van der Waals surface area contributed by atoms with Crippen molar-refractivity contribution in [3.8, 4) is 5.75 Å². The summed E-state index contributed by atoms with van der Waals surface area (Å²) >= 11 is 0. The monoisotopic (exact) mass is 563 g/mol. The second-order valence-corrected chi connectivity index (χ2v) is 9.79. The molecule has 2 aromatic heterocycles. The molecule has 0 atom stereocenters. The number of carboxylic acids is 1. The average Bonchev–Trinajstić information content (AvgIpc) is 3.82. The van der Waals surface area contributed by atoms with Crippen LogP contribution in [-0.4, -0.2) is 40.8 Å². The van der Waals surface area contributed by atoms with Crippen molar-refractivity contribution >= 4 is 34.1 Å². The van der Waals surface area contributed by atoms with Crippen molar-refractivity contribution in [2.45, 2.75) is 38.8 Å². The smallest absolute Gasteiger partial charge is 0.352 e. The molecule has 0 aliphatic heterocycles. The van der Waals surface area contributed by atoms with Gasteiger partial charge in [0.2, 0.25) is 0 Å². The minimum absolute atomic E-state index is 0.0687. The summed E-state index contributed by atoms with van der Waals surface area (Å²) in [5.41, 5.74) is -0.920. The van der Waals surface area contributed by atoms with E-state index < -0.39 is 28.7 Å². The molecule has 11 heteroatoms. The number of rotatable bonds is 12. The summed E-state index contributed by atoms with van der Waals surface area (Å²) < 4.78 is 38.8. The van der Waals surface area contributed by atoms with Crippen LogP contribution in [-0.2, 0) is 13.1 Å². The Morgan fingerprint density at radius 1 is 1.05 bits per heavy atom. The molecule has 9 nitrogen and oxygen atoms in total. The van der Waals surface area contributed by atoms with E-state index in [0.29, 0.717) is 31.0 Å². The van der Waals surface area contributed by atoms with E-state index in [0.717, 1.165) is 5.56 Å². The van der Waals surface area contributed by atoms with Crippen molar-refractivity contribution in [3.63, 3.8) is 0 Å². The number of carboxylic acid groups (broad SMARTS) is 1. The Kier molecular flexibility index (Phi) is 8.04. The molecule has 0 radical (unpaired) electrons. The Labute approximate surface area is 235 Å². The van der Waals surface area contributed by atoms with Crippen LogP contribution in [0.15, 0.2) is 53.5 Å². The van der Waals surface area contributed by atoms with Gasteiger partial charge in [-0.2, -0.15) is 0 Å². The van der Waals surface area contributed by atoms with Gasteiger partial charge >= 0.3 is 5.97 Å². The number of halogens is 2. The summed E-state index contributed by atoms with van der Waals surface area (Å²) in [4.78, 5) is 30.4. The highest BCUT2D eigenvalue weighted by molar-refractivity contribution is 6.00. The van der Waals surface area contributed by atoms with Crippen LogP contribution in [0.5, 0.6) is 5.75 Å². The van der Waals surface area contributed by atoms with E-state index >= 15 is 8.78 Å². The number of nitrogens with zero attached hydrogens (tertiary/aromatic N) is 2. The fourth-order valence-corrected chi connectivity index (χ4v) is 5.05. The van der Waals surface area contributed by atoms with Gasteiger partial charge in [0.15, 0.2) is 17.1 Å². The van der Waals surface area contributed by atoms with E-state index in [4.69, 9.17) is 4.74 Å². The summed E-state index contributed by atoms with van der Waals surface area (Å²) in [6.07, 6.45) is 2.92. The number of ether oxygens (including phenoxy) is 1. The Bertz CT molecular complexity index is 1640. The number of benzene rings is 2. The number of anilines is 3. The number of aryl methyl sites for hydroxylation is 1. The Morgan fingerprint density at radius 2 is 1.78 bits per heavy atom. The fraction of sp³-hybridized carbons (Fsp3) is 0.300. The molecule has 4 N–H and O–H groups in total. The van der Waals surface area contributed by atoms with Crippen LogP contribution >= 0.6 is 0 Å². The minimum Gasteiger partial charge on any atom is -0.497 e. The highest BCUT2D eigenvalue weighted by Gasteiger charge is 2.36. The van der Waals surface area contributed by atoms with Gasteiger partial charge in [-0.3, -0.25) is 4.79 Å². The van der Waals surface area contributed by atoms with Crippen molar-refractivity contribution in [3.05, 3.63) is 87.3 Å². The van der Waals surface area contributed by atoms with Crippen LogP contribution in [0.25, 0.3) is 10.9 Å². The molecule has 0 amide bonds. The Balaban J connectivity index is 1.62. The molecule has 1 fully saturated rings. The van der Waals surface area contributed by atoms with Crippen LogP contribution < -0.4 is 26.1 Å². The highest BCUT2D eigenvalue weighted by Crippen LogP contribution is 2.43. The molecule has 4 aromatic rings. The minimum atomic E-state index is -1.32. The van der Waals surface area contributed by atoms with Gasteiger partial charge in [-0.1, -0.05) is 18.2 Å². The molecular weight excluding hydrogens is 532 g/mol. The molecule has 1 saturated carbocycles. The zero-order valence-electron chi connectivity index (χ0n) is 22.8. The normalized spacial score (nSPS) is 12.8. The first-order valence-electron chi connectivity index (χ1n) is 13.5. The maximum atomic E-state index is 16.2. The lowest BCUT2D eigenvalue weighted by Crippen LogP contribution is -2.26.